The summed E-state index contributed by atoms with van der Waals surface area (Å²) in [6.07, 6.45) is 1.52. The fourth-order valence-corrected chi connectivity index (χ4v) is 2.22. The minimum absolute atomic E-state index is 0.101. The third-order valence-electron chi connectivity index (χ3n) is 3.30. The second-order valence-corrected chi connectivity index (χ2v) is 4.43. The van der Waals surface area contributed by atoms with Crippen LogP contribution in [-0.2, 0) is 9.47 Å². The third-order valence-corrected chi connectivity index (χ3v) is 3.30. The zero-order chi connectivity index (χ0) is 12.1. The molecule has 1 aromatic rings. The van der Waals surface area contributed by atoms with Crippen molar-refractivity contribution >= 4 is 0 Å². The molecule has 3 nitrogen and oxygen atoms in total. The van der Waals surface area contributed by atoms with Crippen LogP contribution in [-0.4, -0.2) is 24.4 Å². The molecule has 2 rings (SSSR count). The van der Waals surface area contributed by atoms with Gasteiger partial charge in [-0.05, 0) is 12.8 Å². The Morgan fingerprint density at radius 2 is 2.06 bits per heavy atom. The van der Waals surface area contributed by atoms with Crippen molar-refractivity contribution in [1.29, 1.82) is 0 Å². The first kappa shape index (κ1) is 12.6. The molecule has 0 aromatic heterocycles. The van der Waals surface area contributed by atoms with Crippen LogP contribution in [0.5, 0.6) is 0 Å². The Morgan fingerprint density at radius 3 is 2.71 bits per heavy atom. The van der Waals surface area contributed by atoms with Crippen LogP contribution in [0, 0.1) is 5.92 Å². The van der Waals surface area contributed by atoms with E-state index < -0.39 is 0 Å². The lowest BCUT2D eigenvalue weighted by molar-refractivity contribution is -0.244. The first-order valence-electron chi connectivity index (χ1n) is 6.28. The summed E-state index contributed by atoms with van der Waals surface area (Å²) in [7, 11) is 0. The van der Waals surface area contributed by atoms with Gasteiger partial charge in [0.1, 0.15) is 0 Å². The molecule has 0 aliphatic carbocycles. The van der Waals surface area contributed by atoms with Crippen LogP contribution in [0.1, 0.15) is 31.6 Å². The molecule has 0 unspecified atom stereocenters. The Labute approximate surface area is 102 Å². The number of rotatable bonds is 4. The molecule has 1 aliphatic rings. The van der Waals surface area contributed by atoms with Gasteiger partial charge in [-0.2, -0.15) is 0 Å². The minimum atomic E-state index is -0.282. The molecule has 0 amide bonds. The Bertz CT molecular complexity index is 325. The smallest absolute Gasteiger partial charge is 0.184 e. The molecule has 0 radical (unpaired) electrons. The van der Waals surface area contributed by atoms with E-state index in [0.29, 0.717) is 18.9 Å². The first-order valence-corrected chi connectivity index (χ1v) is 6.28. The molecule has 1 heterocycles. The maximum atomic E-state index is 9.07. The van der Waals surface area contributed by atoms with E-state index in [-0.39, 0.29) is 19.0 Å². The second-order valence-electron chi connectivity index (χ2n) is 4.43. The monoisotopic (exact) mass is 236 g/mol. The Hall–Kier alpha value is -0.900. The molecule has 0 spiro atoms. The van der Waals surface area contributed by atoms with Gasteiger partial charge in [0.25, 0.3) is 0 Å². The van der Waals surface area contributed by atoms with E-state index in [9.17, 15) is 0 Å². The lowest BCUT2D eigenvalue weighted by atomic mass is 9.96. The van der Waals surface area contributed by atoms with Crippen LogP contribution in [0.3, 0.4) is 0 Å². The fraction of sp³-hybridized carbons (Fsp3) is 0.571. The Kier molecular flexibility index (Phi) is 4.54. The molecule has 1 saturated heterocycles. The van der Waals surface area contributed by atoms with E-state index in [1.54, 1.807) is 0 Å². The zero-order valence-corrected chi connectivity index (χ0v) is 10.2. The Morgan fingerprint density at radius 1 is 1.29 bits per heavy atom. The molecule has 0 bridgehead atoms. The van der Waals surface area contributed by atoms with Gasteiger partial charge < -0.3 is 14.6 Å². The van der Waals surface area contributed by atoms with E-state index in [2.05, 4.69) is 6.92 Å². The summed E-state index contributed by atoms with van der Waals surface area (Å²) in [4.78, 5) is 0. The van der Waals surface area contributed by atoms with E-state index in [4.69, 9.17) is 14.6 Å². The fourth-order valence-electron chi connectivity index (χ4n) is 2.22. The van der Waals surface area contributed by atoms with Crippen molar-refractivity contribution in [2.45, 2.75) is 32.2 Å². The van der Waals surface area contributed by atoms with Gasteiger partial charge in [0.05, 0.1) is 12.7 Å². The maximum absolute atomic E-state index is 9.07. The largest absolute Gasteiger partial charge is 0.396 e. The average molecular weight is 236 g/mol. The molecule has 94 valence electrons. The highest BCUT2D eigenvalue weighted by molar-refractivity contribution is 5.16. The van der Waals surface area contributed by atoms with Crippen molar-refractivity contribution < 1.29 is 14.6 Å². The van der Waals surface area contributed by atoms with E-state index in [1.165, 1.54) is 0 Å². The molecule has 1 aromatic carbocycles. The van der Waals surface area contributed by atoms with Crippen molar-refractivity contribution in [2.75, 3.05) is 13.2 Å². The predicted octanol–water partition coefficient (Wildman–Crippen LogP) is 2.51. The van der Waals surface area contributed by atoms with Crippen LogP contribution in [0.25, 0.3) is 0 Å². The third kappa shape index (κ3) is 3.06. The van der Waals surface area contributed by atoms with Crippen molar-refractivity contribution in [1.82, 2.24) is 0 Å². The highest BCUT2D eigenvalue weighted by atomic mass is 16.7. The summed E-state index contributed by atoms with van der Waals surface area (Å²) in [5, 5.41) is 9.07. The molecule has 3 atom stereocenters. The maximum Gasteiger partial charge on any atom is 0.184 e. The van der Waals surface area contributed by atoms with Crippen LogP contribution in [0.2, 0.25) is 0 Å². The van der Waals surface area contributed by atoms with Crippen molar-refractivity contribution in [2.24, 2.45) is 5.92 Å². The molecule has 0 saturated carbocycles. The summed E-state index contributed by atoms with van der Waals surface area (Å²) >= 11 is 0. The van der Waals surface area contributed by atoms with Gasteiger partial charge in [-0.25, -0.2) is 0 Å². The highest BCUT2D eigenvalue weighted by Gasteiger charge is 2.30. The summed E-state index contributed by atoms with van der Waals surface area (Å²) in [6.45, 7) is 3.01. The molecule has 17 heavy (non-hydrogen) atoms. The van der Waals surface area contributed by atoms with E-state index in [1.807, 2.05) is 30.3 Å². The van der Waals surface area contributed by atoms with Crippen molar-refractivity contribution in [3.05, 3.63) is 35.9 Å². The second kappa shape index (κ2) is 6.15. The van der Waals surface area contributed by atoms with Gasteiger partial charge in [-0.3, -0.25) is 0 Å². The van der Waals surface area contributed by atoms with Gasteiger partial charge >= 0.3 is 0 Å². The number of ether oxygens (including phenoxy) is 2. The van der Waals surface area contributed by atoms with Crippen LogP contribution in [0.15, 0.2) is 30.3 Å². The molecule has 1 aliphatic heterocycles. The molecule has 3 heteroatoms. The van der Waals surface area contributed by atoms with Gasteiger partial charge in [0, 0.05) is 18.1 Å². The lowest BCUT2D eigenvalue weighted by Gasteiger charge is -2.36. The van der Waals surface area contributed by atoms with Gasteiger partial charge in [-0.15, -0.1) is 0 Å². The quantitative estimate of drug-likeness (QED) is 0.873. The van der Waals surface area contributed by atoms with Crippen LogP contribution < -0.4 is 0 Å². The topological polar surface area (TPSA) is 38.7 Å². The van der Waals surface area contributed by atoms with Crippen molar-refractivity contribution in [3.63, 3.8) is 0 Å². The first-order chi connectivity index (χ1) is 8.35. The number of aliphatic hydroxyl groups is 1. The average Bonchev–Trinajstić information content (AvgIpc) is 2.40. The summed E-state index contributed by atoms with van der Waals surface area (Å²) in [6, 6.07) is 9.95. The Balaban J connectivity index is 2.03. The summed E-state index contributed by atoms with van der Waals surface area (Å²) in [5.41, 5.74) is 1.05. The van der Waals surface area contributed by atoms with E-state index in [0.717, 1.165) is 12.0 Å². The minimum Gasteiger partial charge on any atom is -0.396 e. The van der Waals surface area contributed by atoms with Gasteiger partial charge in [0.2, 0.25) is 0 Å². The number of benzene rings is 1. The highest BCUT2D eigenvalue weighted by Crippen LogP contribution is 2.31. The number of aliphatic hydroxyl groups excluding tert-OH is 1. The molecule has 1 N–H and O–H groups in total. The molecular weight excluding hydrogens is 216 g/mol. The standard InChI is InChI=1S/C14H20O3/c1-2-11-10-16-14(17-13(11)8-9-15)12-6-4-3-5-7-12/h3-7,11,13-15H,2,8-10H2,1H3/t11-,13+,14-/m1/s1. The normalized spacial score (nSPS) is 29.2. The van der Waals surface area contributed by atoms with Crippen LogP contribution >= 0.6 is 0 Å². The summed E-state index contributed by atoms with van der Waals surface area (Å²) in [5.74, 6) is 0.391. The SMILES string of the molecule is CC[C@@H]1CO[C@@H](c2ccccc2)O[C@H]1CCO. The van der Waals surface area contributed by atoms with Crippen LogP contribution in [0.4, 0.5) is 0 Å². The molecular formula is C14H20O3. The van der Waals surface area contributed by atoms with Gasteiger partial charge in [-0.1, -0.05) is 37.3 Å². The molecule has 1 fully saturated rings. The number of hydrogen-bond donors (Lipinski definition) is 1. The van der Waals surface area contributed by atoms with Gasteiger partial charge in [0.15, 0.2) is 6.29 Å². The van der Waals surface area contributed by atoms with Crippen molar-refractivity contribution in [3.8, 4) is 0 Å². The number of hydrogen-bond acceptors (Lipinski definition) is 3. The summed E-state index contributed by atoms with van der Waals surface area (Å²) < 4.78 is 11.7. The predicted molar refractivity (Wildman–Crippen MR) is 65.5 cm³/mol. The zero-order valence-electron chi connectivity index (χ0n) is 10.2. The lowest BCUT2D eigenvalue weighted by Crippen LogP contribution is -2.36. The van der Waals surface area contributed by atoms with E-state index >= 15 is 0 Å².